The van der Waals surface area contributed by atoms with Crippen LogP contribution in [0.3, 0.4) is 0 Å². The highest BCUT2D eigenvalue weighted by atomic mass is 79.9. The number of halogens is 1. The number of aliphatic hydroxyl groups is 3. The summed E-state index contributed by atoms with van der Waals surface area (Å²) in [6, 6.07) is -0.965. The molecule has 3 aliphatic rings. The van der Waals surface area contributed by atoms with Crippen molar-refractivity contribution in [1.82, 2.24) is 4.90 Å². The van der Waals surface area contributed by atoms with Gasteiger partial charge < -0.3 is 25.8 Å². The average Bonchev–Trinajstić information content (AvgIpc) is 2.89. The lowest BCUT2D eigenvalue weighted by molar-refractivity contribution is -0.117. The van der Waals surface area contributed by atoms with E-state index in [4.69, 9.17) is 15.6 Å². The zero-order chi connectivity index (χ0) is 15.3. The normalized spacial score (nSPS) is 39.0. The number of guanidine groups is 1. The van der Waals surface area contributed by atoms with Crippen molar-refractivity contribution in [2.24, 2.45) is 20.7 Å². The Morgan fingerprint density at radius 1 is 1.33 bits per heavy atom. The number of nitrogens with two attached hydrogens (primary N) is 1. The van der Waals surface area contributed by atoms with Crippen LogP contribution in [0.1, 0.15) is 0 Å². The van der Waals surface area contributed by atoms with Crippen molar-refractivity contribution in [3.8, 4) is 0 Å². The summed E-state index contributed by atoms with van der Waals surface area (Å²) in [4.78, 5) is 24.6. The molecule has 0 aromatic heterocycles. The minimum absolute atomic E-state index is 0.147. The molecule has 3 rings (SSSR count). The molecule has 0 saturated carbocycles. The Labute approximate surface area is 126 Å². The molecule has 5 N–H and O–H groups in total. The molecule has 0 unspecified atom stereocenters. The van der Waals surface area contributed by atoms with Gasteiger partial charge in [-0.05, 0) is 15.9 Å². The van der Waals surface area contributed by atoms with Gasteiger partial charge in [-0.15, -0.1) is 0 Å². The largest absolute Gasteiger partial charge is 0.394 e. The van der Waals surface area contributed by atoms with E-state index in [1.165, 1.54) is 4.90 Å². The molecule has 1 fully saturated rings. The van der Waals surface area contributed by atoms with E-state index >= 15 is 0 Å². The number of hydrogen-bond acceptors (Lipinski definition) is 9. The fourth-order valence-corrected chi connectivity index (χ4v) is 2.97. The van der Waals surface area contributed by atoms with E-state index in [1.807, 2.05) is 0 Å². The van der Waals surface area contributed by atoms with Crippen molar-refractivity contribution in [2.45, 2.75) is 30.6 Å². The van der Waals surface area contributed by atoms with Crippen LogP contribution in [0.5, 0.6) is 0 Å². The first kappa shape index (κ1) is 14.5. The molecule has 0 aromatic rings. The Bertz CT molecular complexity index is 578. The van der Waals surface area contributed by atoms with Crippen LogP contribution in [0.25, 0.3) is 0 Å². The SMILES string of the molecule is NC1=NC(=O)[C@H]2N=C(Br)N([C@@H]3O[C@H](CO)[C@H](O)[C@@H]3O)C2=N1. The second kappa shape index (κ2) is 5.10. The van der Waals surface area contributed by atoms with Crippen molar-refractivity contribution in [3.63, 3.8) is 0 Å². The molecule has 3 heterocycles. The third kappa shape index (κ3) is 2.17. The second-order valence-corrected chi connectivity index (χ2v) is 5.39. The van der Waals surface area contributed by atoms with E-state index in [0.717, 1.165) is 0 Å². The standard InChI is InChI=1S/C10H12BrN5O5/c11-9-13-3-6(14-10(12)15-7(3)20)16(9)8-5(19)4(18)2(1-17)21-8/h2-5,8,17-19H,1H2,(H2,12,15,20)/t2-,3+,4+,5+,8-/m1/s1. The predicted octanol–water partition coefficient (Wildman–Crippen LogP) is -2.89. The lowest BCUT2D eigenvalue weighted by Gasteiger charge is -2.28. The number of amidine groups is 2. The Morgan fingerprint density at radius 2 is 2.05 bits per heavy atom. The van der Waals surface area contributed by atoms with E-state index in [1.54, 1.807) is 0 Å². The quantitative estimate of drug-likeness (QED) is 0.385. The minimum Gasteiger partial charge on any atom is -0.394 e. The molecule has 11 heteroatoms. The third-order valence-corrected chi connectivity index (χ3v) is 3.97. The van der Waals surface area contributed by atoms with E-state index < -0.39 is 43.1 Å². The number of fused-ring (bicyclic) bond motifs is 1. The van der Waals surface area contributed by atoms with Crippen LogP contribution < -0.4 is 5.73 Å². The number of amides is 1. The van der Waals surface area contributed by atoms with Gasteiger partial charge in [-0.3, -0.25) is 9.69 Å². The van der Waals surface area contributed by atoms with Gasteiger partial charge in [0.1, 0.15) is 18.3 Å². The van der Waals surface area contributed by atoms with Crippen LogP contribution in [0.4, 0.5) is 0 Å². The average molecular weight is 362 g/mol. The smallest absolute Gasteiger partial charge is 0.281 e. The minimum atomic E-state index is -1.32. The number of carbonyl (C=O) groups excluding carboxylic acids is 1. The topological polar surface area (TPSA) is 153 Å². The van der Waals surface area contributed by atoms with Gasteiger partial charge in [0.15, 0.2) is 22.9 Å². The Morgan fingerprint density at radius 3 is 2.67 bits per heavy atom. The highest BCUT2D eigenvalue weighted by Crippen LogP contribution is 2.30. The van der Waals surface area contributed by atoms with Crippen LogP contribution in [-0.2, 0) is 9.53 Å². The van der Waals surface area contributed by atoms with Crippen molar-refractivity contribution in [1.29, 1.82) is 0 Å². The maximum Gasteiger partial charge on any atom is 0.281 e. The molecule has 21 heavy (non-hydrogen) atoms. The molecule has 3 aliphatic heterocycles. The lowest BCUT2D eigenvalue weighted by atomic mass is 10.1. The number of carbonyl (C=O) groups is 1. The Hall–Kier alpha value is -1.40. The summed E-state index contributed by atoms with van der Waals surface area (Å²) in [5.74, 6) is -0.654. The van der Waals surface area contributed by atoms with Crippen molar-refractivity contribution in [3.05, 3.63) is 0 Å². The molecule has 1 amide bonds. The number of aliphatic imine (C=N–C) groups is 3. The molecule has 0 aliphatic carbocycles. The molecule has 1 saturated heterocycles. The van der Waals surface area contributed by atoms with E-state index in [-0.39, 0.29) is 16.5 Å². The molecule has 114 valence electrons. The summed E-state index contributed by atoms with van der Waals surface area (Å²) < 4.78 is 5.60. The van der Waals surface area contributed by atoms with Crippen LogP contribution in [0.15, 0.2) is 15.0 Å². The van der Waals surface area contributed by atoms with Crippen LogP contribution in [0, 0.1) is 0 Å². The summed E-state index contributed by atoms with van der Waals surface area (Å²) in [6.07, 6.45) is -4.60. The summed E-state index contributed by atoms with van der Waals surface area (Å²) in [5.41, 5.74) is 5.46. The highest BCUT2D eigenvalue weighted by molar-refractivity contribution is 9.18. The highest BCUT2D eigenvalue weighted by Gasteiger charge is 2.51. The summed E-state index contributed by atoms with van der Waals surface area (Å²) >= 11 is 3.16. The van der Waals surface area contributed by atoms with Gasteiger partial charge in [-0.1, -0.05) is 0 Å². The monoisotopic (exact) mass is 361 g/mol. The number of rotatable bonds is 2. The summed E-state index contributed by atoms with van der Waals surface area (Å²) in [7, 11) is 0. The maximum absolute atomic E-state index is 11.8. The second-order valence-electron chi connectivity index (χ2n) is 4.68. The van der Waals surface area contributed by atoms with Crippen LogP contribution in [-0.4, -0.2) is 79.9 Å². The van der Waals surface area contributed by atoms with Crippen molar-refractivity contribution >= 4 is 38.4 Å². The van der Waals surface area contributed by atoms with Gasteiger partial charge >= 0.3 is 0 Å². The number of aliphatic hydroxyl groups excluding tert-OH is 3. The van der Waals surface area contributed by atoms with Gasteiger partial charge in [-0.25, -0.2) is 4.99 Å². The zero-order valence-corrected chi connectivity index (χ0v) is 12.1. The van der Waals surface area contributed by atoms with Gasteiger partial charge in [0.25, 0.3) is 5.91 Å². The van der Waals surface area contributed by atoms with Crippen molar-refractivity contribution < 1.29 is 24.9 Å². The molecular weight excluding hydrogens is 350 g/mol. The van der Waals surface area contributed by atoms with Crippen LogP contribution in [0.2, 0.25) is 0 Å². The third-order valence-electron chi connectivity index (χ3n) is 3.39. The van der Waals surface area contributed by atoms with Gasteiger partial charge in [-0.2, -0.15) is 9.98 Å². The molecular formula is C10H12BrN5O5. The summed E-state index contributed by atoms with van der Waals surface area (Å²) in [5, 5.41) is 29.0. The predicted molar refractivity (Wildman–Crippen MR) is 73.8 cm³/mol. The Kier molecular flexibility index (Phi) is 3.53. The maximum atomic E-state index is 11.8. The molecule has 10 nitrogen and oxygen atoms in total. The lowest BCUT2D eigenvalue weighted by Crippen LogP contribution is -2.50. The molecule has 0 bridgehead atoms. The van der Waals surface area contributed by atoms with E-state index in [2.05, 4.69) is 30.9 Å². The van der Waals surface area contributed by atoms with Crippen molar-refractivity contribution in [2.75, 3.05) is 6.61 Å². The zero-order valence-electron chi connectivity index (χ0n) is 10.5. The fraction of sp³-hybridized carbons (Fsp3) is 0.600. The van der Waals surface area contributed by atoms with Gasteiger partial charge in [0.2, 0.25) is 5.96 Å². The van der Waals surface area contributed by atoms with E-state index in [0.29, 0.717) is 0 Å². The van der Waals surface area contributed by atoms with Gasteiger partial charge in [0.05, 0.1) is 6.61 Å². The molecule has 5 atom stereocenters. The first-order valence-electron chi connectivity index (χ1n) is 6.05. The number of hydrogen-bond donors (Lipinski definition) is 4. The fourth-order valence-electron chi connectivity index (χ4n) is 2.38. The first-order valence-corrected chi connectivity index (χ1v) is 6.85. The van der Waals surface area contributed by atoms with Gasteiger partial charge in [0, 0.05) is 0 Å². The summed E-state index contributed by atoms with van der Waals surface area (Å²) in [6.45, 7) is -0.463. The number of ether oxygens (including phenoxy) is 1. The Balaban J connectivity index is 1.94. The number of nitrogens with zero attached hydrogens (tertiary/aromatic N) is 4. The van der Waals surface area contributed by atoms with Crippen LogP contribution >= 0.6 is 15.9 Å². The molecule has 0 spiro atoms. The van der Waals surface area contributed by atoms with E-state index in [9.17, 15) is 15.0 Å². The molecule has 0 radical (unpaired) electrons. The molecule has 0 aromatic carbocycles. The first-order chi connectivity index (χ1) is 9.93.